The van der Waals surface area contributed by atoms with Crippen molar-refractivity contribution in [3.8, 4) is 0 Å². The molecule has 1 heterocycles. The van der Waals surface area contributed by atoms with Crippen LogP contribution in [0.15, 0.2) is 42.7 Å². The number of benzene rings is 1. The van der Waals surface area contributed by atoms with Gasteiger partial charge in [0.2, 0.25) is 5.82 Å². The lowest BCUT2D eigenvalue weighted by atomic mass is 10.2. The van der Waals surface area contributed by atoms with Crippen LogP contribution in [-0.4, -0.2) is 32.8 Å². The molecule has 6 nitrogen and oxygen atoms in total. The van der Waals surface area contributed by atoms with Gasteiger partial charge in [0.1, 0.15) is 0 Å². The maximum absolute atomic E-state index is 12.4. The van der Waals surface area contributed by atoms with Gasteiger partial charge >= 0.3 is 5.91 Å². The van der Waals surface area contributed by atoms with E-state index >= 15 is 0 Å². The van der Waals surface area contributed by atoms with E-state index in [-0.39, 0.29) is 17.4 Å². The fourth-order valence-corrected chi connectivity index (χ4v) is 1.97. The van der Waals surface area contributed by atoms with Crippen LogP contribution in [0.1, 0.15) is 34.8 Å². The molecular formula is C15H15ClN4O2. The number of halogens is 1. The largest absolute Gasteiger partial charge is 0.310 e. The number of aromatic nitrogens is 2. The number of carbonyl (C=O) groups is 2. The van der Waals surface area contributed by atoms with Crippen LogP contribution in [0.5, 0.6) is 0 Å². The van der Waals surface area contributed by atoms with E-state index in [9.17, 15) is 9.59 Å². The monoisotopic (exact) mass is 318 g/mol. The van der Waals surface area contributed by atoms with Crippen molar-refractivity contribution in [2.75, 3.05) is 0 Å². The highest BCUT2D eigenvalue weighted by atomic mass is 35.5. The highest BCUT2D eigenvalue weighted by Crippen LogP contribution is 2.15. The molecule has 0 aliphatic carbocycles. The summed E-state index contributed by atoms with van der Waals surface area (Å²) in [6, 6.07) is 7.95. The Bertz CT molecular complexity index is 676. The predicted octanol–water partition coefficient (Wildman–Crippen LogP) is 2.33. The van der Waals surface area contributed by atoms with Crippen molar-refractivity contribution in [1.29, 1.82) is 0 Å². The second-order valence-corrected chi connectivity index (χ2v) is 5.17. The Morgan fingerprint density at radius 3 is 2.36 bits per heavy atom. The fourth-order valence-electron chi connectivity index (χ4n) is 1.75. The number of hydrogen-bond acceptors (Lipinski definition) is 4. The van der Waals surface area contributed by atoms with E-state index in [4.69, 9.17) is 11.6 Å². The Kier molecular flexibility index (Phi) is 5.06. The minimum Gasteiger partial charge on any atom is -0.267 e. The zero-order chi connectivity index (χ0) is 16.1. The van der Waals surface area contributed by atoms with Crippen molar-refractivity contribution in [2.45, 2.75) is 19.9 Å². The number of hydrogen-bond donors (Lipinski definition) is 1. The molecular weight excluding hydrogens is 304 g/mol. The number of nitrogens with zero attached hydrogens (tertiary/aromatic N) is 3. The minimum atomic E-state index is -0.490. The first-order valence-electron chi connectivity index (χ1n) is 6.66. The minimum absolute atomic E-state index is 0.00987. The van der Waals surface area contributed by atoms with Gasteiger partial charge in [0, 0.05) is 18.4 Å². The smallest absolute Gasteiger partial charge is 0.267 e. The van der Waals surface area contributed by atoms with Gasteiger partial charge in [-0.25, -0.2) is 15.0 Å². The topological polar surface area (TPSA) is 75.2 Å². The van der Waals surface area contributed by atoms with Crippen LogP contribution >= 0.6 is 11.6 Å². The van der Waals surface area contributed by atoms with Crippen molar-refractivity contribution >= 4 is 23.4 Å². The van der Waals surface area contributed by atoms with Gasteiger partial charge in [-0.1, -0.05) is 23.7 Å². The molecule has 1 N–H and O–H groups in total. The lowest BCUT2D eigenvalue weighted by Crippen LogP contribution is -2.50. The first-order valence-corrected chi connectivity index (χ1v) is 7.04. The molecule has 0 spiro atoms. The number of nitrogens with one attached hydrogen (secondary N) is 1. The Labute approximate surface area is 133 Å². The van der Waals surface area contributed by atoms with Crippen molar-refractivity contribution in [1.82, 2.24) is 20.4 Å². The fraction of sp³-hybridized carbons (Fsp3) is 0.200. The maximum atomic E-state index is 12.4. The standard InChI is InChI=1S/C15H15ClN4O2/c1-10(2)20(15(22)13-17-8-5-9-18-13)19-14(21)11-6-3-4-7-12(11)16/h3-10H,1-2H3,(H,19,21). The summed E-state index contributed by atoms with van der Waals surface area (Å²) in [5, 5.41) is 1.49. The average molecular weight is 319 g/mol. The second kappa shape index (κ2) is 7.00. The summed E-state index contributed by atoms with van der Waals surface area (Å²) < 4.78 is 0. The van der Waals surface area contributed by atoms with Gasteiger partial charge in [-0.2, -0.15) is 0 Å². The molecule has 0 bridgehead atoms. The molecule has 0 atom stereocenters. The Morgan fingerprint density at radius 1 is 1.14 bits per heavy atom. The number of hydrazine groups is 1. The summed E-state index contributed by atoms with van der Waals surface area (Å²) >= 11 is 5.99. The van der Waals surface area contributed by atoms with Crippen LogP contribution < -0.4 is 5.43 Å². The molecule has 7 heteroatoms. The highest BCUT2D eigenvalue weighted by molar-refractivity contribution is 6.33. The molecule has 0 aliphatic rings. The Morgan fingerprint density at radius 2 is 1.77 bits per heavy atom. The molecule has 2 aromatic rings. The molecule has 1 aromatic heterocycles. The van der Waals surface area contributed by atoms with E-state index in [0.29, 0.717) is 5.02 Å². The number of amides is 2. The molecule has 0 fully saturated rings. The van der Waals surface area contributed by atoms with Crippen LogP contribution in [0.25, 0.3) is 0 Å². The Balaban J connectivity index is 2.21. The molecule has 2 rings (SSSR count). The molecule has 2 amide bonds. The molecule has 1 aromatic carbocycles. The lowest BCUT2D eigenvalue weighted by molar-refractivity contribution is 0.0506. The number of rotatable bonds is 3. The van der Waals surface area contributed by atoms with Gasteiger partial charge in [0.15, 0.2) is 0 Å². The SMILES string of the molecule is CC(C)N(NC(=O)c1ccccc1Cl)C(=O)c1ncccn1. The molecule has 0 aliphatic heterocycles. The van der Waals surface area contributed by atoms with Crippen LogP contribution in [0.3, 0.4) is 0 Å². The lowest BCUT2D eigenvalue weighted by Gasteiger charge is -2.26. The first-order chi connectivity index (χ1) is 10.5. The summed E-state index contributed by atoms with van der Waals surface area (Å²) in [5.74, 6) is -0.949. The van der Waals surface area contributed by atoms with Crippen molar-refractivity contribution in [3.05, 3.63) is 59.1 Å². The van der Waals surface area contributed by atoms with Crippen LogP contribution in [0.2, 0.25) is 5.02 Å². The van der Waals surface area contributed by atoms with Crippen molar-refractivity contribution in [3.63, 3.8) is 0 Å². The van der Waals surface area contributed by atoms with Crippen molar-refractivity contribution in [2.24, 2.45) is 0 Å². The van der Waals surface area contributed by atoms with Gasteiger partial charge in [0.25, 0.3) is 5.91 Å². The van der Waals surface area contributed by atoms with Crippen molar-refractivity contribution < 1.29 is 9.59 Å². The molecule has 0 saturated heterocycles. The maximum Gasteiger partial charge on any atom is 0.310 e. The quantitative estimate of drug-likeness (QED) is 0.881. The summed E-state index contributed by atoms with van der Waals surface area (Å²) in [6.07, 6.45) is 2.93. The van der Waals surface area contributed by atoms with E-state index < -0.39 is 11.8 Å². The average Bonchev–Trinajstić information content (AvgIpc) is 2.52. The van der Waals surface area contributed by atoms with Gasteiger partial charge < -0.3 is 0 Å². The van der Waals surface area contributed by atoms with Crippen LogP contribution in [0.4, 0.5) is 0 Å². The third-order valence-electron chi connectivity index (χ3n) is 2.83. The Hall–Kier alpha value is -2.47. The van der Waals surface area contributed by atoms with Crippen LogP contribution in [-0.2, 0) is 0 Å². The van der Waals surface area contributed by atoms with Gasteiger partial charge in [0.05, 0.1) is 10.6 Å². The zero-order valence-electron chi connectivity index (χ0n) is 12.2. The zero-order valence-corrected chi connectivity index (χ0v) is 12.9. The molecule has 0 radical (unpaired) electrons. The summed E-state index contributed by atoms with van der Waals surface area (Å²) in [7, 11) is 0. The molecule has 0 unspecified atom stereocenters. The summed E-state index contributed by atoms with van der Waals surface area (Å²) in [4.78, 5) is 32.5. The van der Waals surface area contributed by atoms with Gasteiger partial charge in [-0.15, -0.1) is 0 Å². The van der Waals surface area contributed by atoms with E-state index in [1.54, 1.807) is 44.2 Å². The third-order valence-corrected chi connectivity index (χ3v) is 3.16. The van der Waals surface area contributed by atoms with E-state index in [1.807, 2.05) is 0 Å². The summed E-state index contributed by atoms with van der Waals surface area (Å²) in [5.41, 5.74) is 2.84. The van der Waals surface area contributed by atoms with E-state index in [1.165, 1.54) is 17.4 Å². The molecule has 0 saturated carbocycles. The molecule has 114 valence electrons. The van der Waals surface area contributed by atoms with Gasteiger partial charge in [-0.05, 0) is 32.0 Å². The summed E-state index contributed by atoms with van der Waals surface area (Å²) in [6.45, 7) is 3.54. The van der Waals surface area contributed by atoms with Crippen LogP contribution in [0, 0.1) is 0 Å². The van der Waals surface area contributed by atoms with E-state index in [0.717, 1.165) is 0 Å². The third kappa shape index (κ3) is 3.59. The predicted molar refractivity (Wildman–Crippen MR) is 82.3 cm³/mol. The molecule has 22 heavy (non-hydrogen) atoms. The van der Waals surface area contributed by atoms with E-state index in [2.05, 4.69) is 15.4 Å². The van der Waals surface area contributed by atoms with Gasteiger partial charge in [-0.3, -0.25) is 15.0 Å². The second-order valence-electron chi connectivity index (χ2n) is 4.76. The highest BCUT2D eigenvalue weighted by Gasteiger charge is 2.24. The number of carbonyl (C=O) groups excluding carboxylic acids is 2. The normalized spacial score (nSPS) is 10.4. The first kappa shape index (κ1) is 15.9.